The molecule has 3 heterocycles. The minimum atomic E-state index is -0.882. The number of ether oxygens (including phenoxy) is 2. The highest BCUT2D eigenvalue weighted by Gasteiger charge is 2.33. The van der Waals surface area contributed by atoms with E-state index in [1.165, 1.54) is 5.01 Å². The first-order valence-electron chi connectivity index (χ1n) is 13.3. The van der Waals surface area contributed by atoms with Crippen LogP contribution in [0.3, 0.4) is 0 Å². The number of nitrogens with zero attached hydrogens (tertiary/aromatic N) is 1. The molecule has 1 fully saturated rings. The molecule has 0 aromatic heterocycles. The van der Waals surface area contributed by atoms with Gasteiger partial charge >= 0.3 is 5.97 Å². The predicted molar refractivity (Wildman–Crippen MR) is 144 cm³/mol. The van der Waals surface area contributed by atoms with Crippen LogP contribution in [0.25, 0.3) is 11.1 Å². The number of hydrazine groups is 1. The van der Waals surface area contributed by atoms with Gasteiger partial charge < -0.3 is 20.1 Å². The Kier molecular flexibility index (Phi) is 8.86. The molecular weight excluding hydrogens is 500 g/mol. The molecule has 3 amide bonds. The number of nitrogens with one attached hydrogen (secondary N) is 3. The zero-order valence-electron chi connectivity index (χ0n) is 22.7. The molecule has 0 unspecified atom stereocenters. The van der Waals surface area contributed by atoms with Crippen LogP contribution >= 0.6 is 0 Å². The summed E-state index contributed by atoms with van der Waals surface area (Å²) < 4.78 is 11.4. The van der Waals surface area contributed by atoms with Crippen LogP contribution < -0.4 is 20.8 Å². The van der Waals surface area contributed by atoms with E-state index >= 15 is 0 Å². The maximum Gasteiger partial charge on any atom is 0.325 e. The van der Waals surface area contributed by atoms with Crippen LogP contribution in [-0.4, -0.2) is 60.0 Å². The molecule has 3 aliphatic heterocycles. The van der Waals surface area contributed by atoms with Crippen LogP contribution in [0.5, 0.6) is 5.75 Å². The van der Waals surface area contributed by atoms with Crippen LogP contribution in [-0.2, 0) is 23.9 Å². The van der Waals surface area contributed by atoms with Crippen molar-refractivity contribution >= 4 is 23.7 Å². The number of carbonyl (C=O) groups excluding carboxylic acids is 4. The lowest BCUT2D eigenvalue weighted by molar-refractivity contribution is -0.157. The number of carbonyl (C=O) groups is 4. The normalized spacial score (nSPS) is 25.1. The molecule has 0 saturated carbocycles. The van der Waals surface area contributed by atoms with Gasteiger partial charge in [0.25, 0.3) is 11.8 Å². The smallest absolute Gasteiger partial charge is 0.325 e. The van der Waals surface area contributed by atoms with Crippen molar-refractivity contribution in [3.05, 3.63) is 54.1 Å². The van der Waals surface area contributed by atoms with Crippen molar-refractivity contribution in [3.8, 4) is 16.9 Å². The third-order valence-electron chi connectivity index (χ3n) is 6.94. The van der Waals surface area contributed by atoms with Crippen molar-refractivity contribution in [2.45, 2.75) is 64.8 Å². The van der Waals surface area contributed by atoms with Crippen LogP contribution in [0.1, 0.15) is 52.2 Å². The van der Waals surface area contributed by atoms with E-state index in [2.05, 4.69) is 16.1 Å². The van der Waals surface area contributed by atoms with Crippen LogP contribution in [0, 0.1) is 5.92 Å². The Labute approximate surface area is 228 Å². The van der Waals surface area contributed by atoms with Gasteiger partial charge in [-0.2, -0.15) is 0 Å². The van der Waals surface area contributed by atoms with Crippen molar-refractivity contribution in [3.63, 3.8) is 0 Å². The molecule has 4 atom stereocenters. The molecular formula is C29H36N4O6. The highest BCUT2D eigenvalue weighted by molar-refractivity contribution is 5.92. The standard InChI is InChI=1S/C29H36N4O6/c1-17(2)26-27(35)30-18(3)28(36)33-14-6-9-24(32-33)29(37)39-19(4)21-7-5-8-22(15-21)20-10-12-23(13-11-20)38-16-25(34)31-26/h5,7-8,10-13,15,17-19,24,26,32H,6,9,14,16H2,1-4H3,(H,30,35)(H,31,34)/t18-,19+,24-,26-/m0/s1. The molecule has 0 radical (unpaired) electrons. The monoisotopic (exact) mass is 536 g/mol. The summed E-state index contributed by atoms with van der Waals surface area (Å²) in [5.41, 5.74) is 5.68. The van der Waals surface area contributed by atoms with Crippen molar-refractivity contribution in [2.75, 3.05) is 13.2 Å². The molecule has 1 saturated heterocycles. The van der Waals surface area contributed by atoms with Gasteiger partial charge in [-0.3, -0.25) is 24.2 Å². The van der Waals surface area contributed by atoms with E-state index in [1.54, 1.807) is 32.9 Å². The number of esters is 1. The van der Waals surface area contributed by atoms with E-state index in [1.807, 2.05) is 43.3 Å². The zero-order valence-corrected chi connectivity index (χ0v) is 22.7. The summed E-state index contributed by atoms with van der Waals surface area (Å²) in [5.74, 6) is -1.49. The average Bonchev–Trinajstić information content (AvgIpc) is 2.94. The third-order valence-corrected chi connectivity index (χ3v) is 6.94. The quantitative estimate of drug-likeness (QED) is 0.378. The number of rotatable bonds is 1. The molecule has 208 valence electrons. The number of fused-ring (bicyclic) bond motifs is 12. The molecule has 39 heavy (non-hydrogen) atoms. The van der Waals surface area contributed by atoms with Crippen molar-refractivity contribution in [1.82, 2.24) is 21.1 Å². The number of hydrogen-bond donors (Lipinski definition) is 3. The minimum absolute atomic E-state index is 0.230. The van der Waals surface area contributed by atoms with Gasteiger partial charge in [0.2, 0.25) is 5.91 Å². The van der Waals surface area contributed by atoms with Gasteiger partial charge in [0.1, 0.15) is 30.0 Å². The summed E-state index contributed by atoms with van der Waals surface area (Å²) in [7, 11) is 0. The van der Waals surface area contributed by atoms with Gasteiger partial charge in [0.15, 0.2) is 6.61 Å². The van der Waals surface area contributed by atoms with Gasteiger partial charge in [-0.05, 0) is 67.5 Å². The second-order valence-electron chi connectivity index (χ2n) is 10.4. The summed E-state index contributed by atoms with van der Waals surface area (Å²) in [4.78, 5) is 51.8. The fourth-order valence-electron chi connectivity index (χ4n) is 4.65. The van der Waals surface area contributed by atoms with E-state index in [0.29, 0.717) is 25.1 Å². The van der Waals surface area contributed by atoms with Gasteiger partial charge in [0.05, 0.1) is 0 Å². The lowest BCUT2D eigenvalue weighted by Gasteiger charge is -2.35. The molecule has 6 bridgehead atoms. The van der Waals surface area contributed by atoms with Gasteiger partial charge in [-0.1, -0.05) is 44.2 Å². The molecule has 3 aliphatic rings. The van der Waals surface area contributed by atoms with Crippen LogP contribution in [0.15, 0.2) is 48.5 Å². The Bertz CT molecular complexity index is 1210. The van der Waals surface area contributed by atoms with Crippen molar-refractivity contribution in [1.29, 1.82) is 0 Å². The summed E-state index contributed by atoms with van der Waals surface area (Å²) in [5, 5.41) is 6.77. The van der Waals surface area contributed by atoms with E-state index in [-0.39, 0.29) is 18.4 Å². The third kappa shape index (κ3) is 6.94. The average molecular weight is 537 g/mol. The molecule has 2 aromatic rings. The first-order chi connectivity index (χ1) is 18.6. The van der Waals surface area contributed by atoms with Gasteiger partial charge in [-0.25, -0.2) is 5.43 Å². The maximum atomic E-state index is 13.1. The van der Waals surface area contributed by atoms with E-state index in [4.69, 9.17) is 9.47 Å². The zero-order chi connectivity index (χ0) is 28.1. The van der Waals surface area contributed by atoms with E-state index < -0.39 is 42.0 Å². The molecule has 0 spiro atoms. The highest BCUT2D eigenvalue weighted by Crippen LogP contribution is 2.27. The summed E-state index contributed by atoms with van der Waals surface area (Å²) in [6.07, 6.45) is 0.617. The molecule has 5 rings (SSSR count). The Hall–Kier alpha value is -3.92. The van der Waals surface area contributed by atoms with Gasteiger partial charge in [-0.15, -0.1) is 0 Å². The Morgan fingerprint density at radius 2 is 1.69 bits per heavy atom. The second kappa shape index (κ2) is 12.3. The van der Waals surface area contributed by atoms with Gasteiger partial charge in [0, 0.05) is 6.54 Å². The predicted octanol–water partition coefficient (Wildman–Crippen LogP) is 2.49. The molecule has 10 nitrogen and oxygen atoms in total. The molecule has 0 aliphatic carbocycles. The Morgan fingerprint density at radius 3 is 2.41 bits per heavy atom. The first-order valence-corrected chi connectivity index (χ1v) is 13.3. The first kappa shape index (κ1) is 28.1. The van der Waals surface area contributed by atoms with Crippen molar-refractivity contribution in [2.24, 2.45) is 5.92 Å². The molecule has 2 aromatic carbocycles. The minimum Gasteiger partial charge on any atom is -0.484 e. The fraction of sp³-hybridized carbons (Fsp3) is 0.448. The molecule has 10 heteroatoms. The molecule has 3 N–H and O–H groups in total. The summed E-state index contributed by atoms with van der Waals surface area (Å²) >= 11 is 0. The van der Waals surface area contributed by atoms with E-state index in [9.17, 15) is 19.2 Å². The summed E-state index contributed by atoms with van der Waals surface area (Å²) in [6.45, 7) is 7.12. The Balaban J connectivity index is 1.61. The fourth-order valence-corrected chi connectivity index (χ4v) is 4.65. The van der Waals surface area contributed by atoms with Crippen LogP contribution in [0.4, 0.5) is 0 Å². The number of amides is 3. The SMILES string of the molecule is CC(C)[C@@H]1NC(=O)COc2ccc(cc2)-c2cccc(c2)[C@@H](C)OC(=O)[C@@H]2CCCN(N2)C(=O)[C@H](C)NC1=O. The lowest BCUT2D eigenvalue weighted by Crippen LogP contribution is -2.61. The Morgan fingerprint density at radius 1 is 0.949 bits per heavy atom. The summed E-state index contributed by atoms with van der Waals surface area (Å²) in [6, 6.07) is 12.6. The maximum absolute atomic E-state index is 13.1. The van der Waals surface area contributed by atoms with Crippen LogP contribution in [0.2, 0.25) is 0 Å². The second-order valence-corrected chi connectivity index (χ2v) is 10.4. The van der Waals surface area contributed by atoms with Crippen molar-refractivity contribution < 1.29 is 28.7 Å². The number of benzene rings is 2. The largest absolute Gasteiger partial charge is 0.484 e. The van der Waals surface area contributed by atoms with E-state index in [0.717, 1.165) is 16.7 Å². The number of hydrogen-bond acceptors (Lipinski definition) is 7. The highest BCUT2D eigenvalue weighted by atomic mass is 16.5. The lowest BCUT2D eigenvalue weighted by atomic mass is 10.0. The topological polar surface area (TPSA) is 126 Å².